The summed E-state index contributed by atoms with van der Waals surface area (Å²) >= 11 is 2.45. The summed E-state index contributed by atoms with van der Waals surface area (Å²) < 4.78 is 0.972. The van der Waals surface area contributed by atoms with Gasteiger partial charge in [-0.15, -0.1) is 0 Å². The van der Waals surface area contributed by atoms with Crippen LogP contribution in [0, 0.1) is 0 Å². The van der Waals surface area contributed by atoms with Crippen molar-refractivity contribution in [2.75, 3.05) is 0 Å². The summed E-state index contributed by atoms with van der Waals surface area (Å²) in [6.45, 7) is 0. The van der Waals surface area contributed by atoms with Gasteiger partial charge in [0.1, 0.15) is 0 Å². The normalized spacial score (nSPS) is 9.56. The van der Waals surface area contributed by atoms with E-state index in [1.807, 2.05) is 12.1 Å². The fourth-order valence-corrected chi connectivity index (χ4v) is 1.08. The fraction of sp³-hybridized carbons (Fsp3) is 0.143. The molecule has 0 aromatic heterocycles. The van der Waals surface area contributed by atoms with Crippen LogP contribution in [-0.4, -0.2) is 5.11 Å². The van der Waals surface area contributed by atoms with Gasteiger partial charge in [0, 0.05) is 0 Å². The summed E-state index contributed by atoms with van der Waals surface area (Å²) in [5, 5.41) is 8.85. The molecular formula is C7H7AuO. The van der Waals surface area contributed by atoms with Crippen LogP contribution >= 0.6 is 0 Å². The Morgan fingerprint density at radius 1 is 1.22 bits per heavy atom. The number of hydrogen-bond donors (Lipinski definition) is 1. The molecule has 0 aliphatic heterocycles. The molecule has 0 unspecified atom stereocenters. The molecule has 2 heteroatoms. The first-order chi connectivity index (χ1) is 4.33. The van der Waals surface area contributed by atoms with Gasteiger partial charge in [0.05, 0.1) is 0 Å². The summed E-state index contributed by atoms with van der Waals surface area (Å²) in [5.74, 6) is 0.334. The van der Waals surface area contributed by atoms with E-state index < -0.39 is 0 Å². The van der Waals surface area contributed by atoms with Gasteiger partial charge in [-0.25, -0.2) is 0 Å². The Labute approximate surface area is 66.6 Å². The maximum absolute atomic E-state index is 8.85. The Morgan fingerprint density at radius 3 is 2.22 bits per heavy atom. The third-order valence-electron chi connectivity index (χ3n) is 1.06. The van der Waals surface area contributed by atoms with Crippen LogP contribution in [0.5, 0.6) is 5.75 Å². The Hall–Kier alpha value is -0.240. The molecule has 0 amide bonds. The minimum atomic E-state index is 0.334. The van der Waals surface area contributed by atoms with Gasteiger partial charge in [-0.2, -0.15) is 0 Å². The number of phenols is 1. The van der Waals surface area contributed by atoms with Gasteiger partial charge in [0.15, 0.2) is 0 Å². The predicted molar refractivity (Wildman–Crippen MR) is 31.8 cm³/mol. The molecule has 0 radical (unpaired) electrons. The molecule has 0 fully saturated rings. The second-order valence-corrected chi connectivity index (χ2v) is 2.54. The molecule has 0 aliphatic carbocycles. The van der Waals surface area contributed by atoms with Gasteiger partial charge >= 0.3 is 66.4 Å². The topological polar surface area (TPSA) is 20.2 Å². The average molecular weight is 304 g/mol. The monoisotopic (exact) mass is 304 g/mol. The van der Waals surface area contributed by atoms with Crippen LogP contribution < -0.4 is 0 Å². The molecule has 1 nitrogen and oxygen atoms in total. The molecule has 0 atom stereocenters. The molecule has 9 heavy (non-hydrogen) atoms. The van der Waals surface area contributed by atoms with Gasteiger partial charge in [-0.1, -0.05) is 0 Å². The fourth-order valence-electron chi connectivity index (χ4n) is 0.567. The van der Waals surface area contributed by atoms with Crippen molar-refractivity contribution < 1.29 is 26.2 Å². The maximum atomic E-state index is 8.85. The van der Waals surface area contributed by atoms with E-state index in [-0.39, 0.29) is 0 Å². The van der Waals surface area contributed by atoms with Gasteiger partial charge in [0.2, 0.25) is 0 Å². The van der Waals surface area contributed by atoms with Gasteiger partial charge in [-0.3, -0.25) is 0 Å². The minimum absolute atomic E-state index is 0.334. The zero-order valence-corrected chi connectivity index (χ0v) is 6.93. The van der Waals surface area contributed by atoms with Crippen molar-refractivity contribution in [2.45, 2.75) is 4.64 Å². The Bertz CT molecular complexity index is 181. The van der Waals surface area contributed by atoms with Crippen LogP contribution in [0.1, 0.15) is 5.56 Å². The van der Waals surface area contributed by atoms with Crippen molar-refractivity contribution in [1.29, 1.82) is 0 Å². The standard InChI is InChI=1S/C7H7O.Au/c1-6-2-4-7(8)5-3-6;/h2-5,8H,1H2;. The molecule has 0 aliphatic rings. The molecule has 1 rings (SSSR count). The molecule has 0 heterocycles. The van der Waals surface area contributed by atoms with Crippen molar-refractivity contribution in [2.24, 2.45) is 0 Å². The van der Waals surface area contributed by atoms with E-state index in [1.54, 1.807) is 12.1 Å². The zero-order chi connectivity index (χ0) is 6.69. The third kappa shape index (κ3) is 1.86. The number of benzene rings is 1. The number of hydrogen-bond acceptors (Lipinski definition) is 1. The van der Waals surface area contributed by atoms with E-state index in [0.717, 1.165) is 4.64 Å². The van der Waals surface area contributed by atoms with Crippen LogP contribution in [0.15, 0.2) is 24.3 Å². The van der Waals surface area contributed by atoms with Crippen LogP contribution in [-0.2, 0) is 25.7 Å². The van der Waals surface area contributed by atoms with Crippen molar-refractivity contribution in [1.82, 2.24) is 0 Å². The second kappa shape index (κ2) is 3.06. The van der Waals surface area contributed by atoms with Gasteiger partial charge in [-0.05, 0) is 0 Å². The van der Waals surface area contributed by atoms with Crippen molar-refractivity contribution in [3.05, 3.63) is 29.8 Å². The van der Waals surface area contributed by atoms with E-state index in [0.29, 0.717) is 5.75 Å². The van der Waals surface area contributed by atoms with Crippen molar-refractivity contribution in [3.63, 3.8) is 0 Å². The number of phenolic OH excluding ortho intramolecular Hbond substituents is 1. The molecule has 1 N–H and O–H groups in total. The summed E-state index contributed by atoms with van der Waals surface area (Å²) in [5.41, 5.74) is 1.23. The molecule has 0 saturated carbocycles. The molecule has 0 spiro atoms. The quantitative estimate of drug-likeness (QED) is 0.779. The van der Waals surface area contributed by atoms with E-state index >= 15 is 0 Å². The molecule has 1 aromatic carbocycles. The van der Waals surface area contributed by atoms with Crippen molar-refractivity contribution >= 4 is 0 Å². The Morgan fingerprint density at radius 2 is 1.78 bits per heavy atom. The van der Waals surface area contributed by atoms with Crippen LogP contribution in [0.4, 0.5) is 0 Å². The number of rotatable bonds is 1. The van der Waals surface area contributed by atoms with Crippen LogP contribution in [0.3, 0.4) is 0 Å². The number of aromatic hydroxyl groups is 1. The first-order valence-corrected chi connectivity index (χ1v) is 4.14. The average Bonchev–Trinajstić information content (AvgIpc) is 1.90. The SMILES string of the molecule is Oc1ccc([CH2][Au])cc1. The van der Waals surface area contributed by atoms with E-state index in [2.05, 4.69) is 21.1 Å². The van der Waals surface area contributed by atoms with E-state index in [4.69, 9.17) is 5.11 Å². The third-order valence-corrected chi connectivity index (χ3v) is 1.94. The summed E-state index contributed by atoms with van der Waals surface area (Å²) in [6, 6.07) is 7.22. The zero-order valence-electron chi connectivity index (χ0n) is 4.77. The van der Waals surface area contributed by atoms with Crippen LogP contribution in [0.2, 0.25) is 0 Å². The van der Waals surface area contributed by atoms with E-state index in [1.165, 1.54) is 5.56 Å². The van der Waals surface area contributed by atoms with Crippen molar-refractivity contribution in [3.8, 4) is 5.75 Å². The summed E-state index contributed by atoms with van der Waals surface area (Å²) in [7, 11) is 0. The summed E-state index contributed by atoms with van der Waals surface area (Å²) in [6.07, 6.45) is 0. The van der Waals surface area contributed by atoms with E-state index in [9.17, 15) is 0 Å². The Balaban J connectivity index is 2.88. The van der Waals surface area contributed by atoms with Crippen LogP contribution in [0.25, 0.3) is 0 Å². The van der Waals surface area contributed by atoms with Gasteiger partial charge < -0.3 is 0 Å². The Kier molecular flexibility index (Phi) is 2.34. The predicted octanol–water partition coefficient (Wildman–Crippen LogP) is 1.44. The molecule has 0 saturated heterocycles. The molecule has 0 bridgehead atoms. The molecule has 1 aromatic rings. The van der Waals surface area contributed by atoms with Gasteiger partial charge in [0.25, 0.3) is 0 Å². The summed E-state index contributed by atoms with van der Waals surface area (Å²) in [4.78, 5) is 0. The molecule has 52 valence electrons. The second-order valence-electron chi connectivity index (χ2n) is 1.77. The first kappa shape index (κ1) is 6.87. The molecular weight excluding hydrogens is 297 g/mol. The first-order valence-electron chi connectivity index (χ1n) is 2.61.